The van der Waals surface area contributed by atoms with Gasteiger partial charge in [0.1, 0.15) is 12.4 Å². The van der Waals surface area contributed by atoms with Gasteiger partial charge >= 0.3 is 11.9 Å². The van der Waals surface area contributed by atoms with Gasteiger partial charge in [0.15, 0.2) is 0 Å². The summed E-state index contributed by atoms with van der Waals surface area (Å²) in [6.07, 6.45) is 0.984. The Balaban J connectivity index is 2.58. The van der Waals surface area contributed by atoms with Crippen LogP contribution in [-0.4, -0.2) is 23.7 Å². The van der Waals surface area contributed by atoms with Crippen LogP contribution in [0.4, 0.5) is 0 Å². The van der Waals surface area contributed by atoms with E-state index in [4.69, 9.17) is 9.47 Å². The maximum atomic E-state index is 12.1. The molecule has 0 fully saturated rings. The highest BCUT2D eigenvalue weighted by Gasteiger charge is 2.36. The Morgan fingerprint density at radius 1 is 1.17 bits per heavy atom. The summed E-state index contributed by atoms with van der Waals surface area (Å²) in [6.45, 7) is 7.72. The highest BCUT2D eigenvalue weighted by Crippen LogP contribution is 2.32. The number of aromatic hydroxyl groups is 1. The normalized spacial score (nSPS) is 14.6. The van der Waals surface area contributed by atoms with Crippen LogP contribution in [0.3, 0.4) is 0 Å². The highest BCUT2D eigenvalue weighted by molar-refractivity contribution is 5.78. The maximum absolute atomic E-state index is 12.1. The molecule has 1 aromatic carbocycles. The molecule has 1 N–H and O–H groups in total. The third-order valence-electron chi connectivity index (χ3n) is 4.03. The van der Waals surface area contributed by atoms with Gasteiger partial charge in [-0.15, -0.1) is 0 Å². The molecule has 0 aliphatic carbocycles. The first kappa shape index (κ1) is 19.0. The molecular formula is C18H26O5. The number of esters is 2. The summed E-state index contributed by atoms with van der Waals surface area (Å²) in [4.78, 5) is 24.2. The van der Waals surface area contributed by atoms with Crippen LogP contribution < -0.4 is 0 Å². The van der Waals surface area contributed by atoms with Gasteiger partial charge < -0.3 is 14.6 Å². The van der Waals surface area contributed by atoms with Crippen molar-refractivity contribution in [1.29, 1.82) is 0 Å². The molecule has 0 bridgehead atoms. The van der Waals surface area contributed by atoms with Gasteiger partial charge in [0, 0.05) is 0 Å². The molecule has 23 heavy (non-hydrogen) atoms. The van der Waals surface area contributed by atoms with Gasteiger partial charge in [-0.05, 0) is 44.4 Å². The van der Waals surface area contributed by atoms with Gasteiger partial charge in [-0.25, -0.2) is 0 Å². The lowest BCUT2D eigenvalue weighted by Gasteiger charge is -2.28. The topological polar surface area (TPSA) is 72.8 Å². The zero-order chi connectivity index (χ0) is 17.5. The fourth-order valence-electron chi connectivity index (χ4n) is 2.33. The molecule has 0 amide bonds. The second kappa shape index (κ2) is 8.56. The number of rotatable bonds is 8. The van der Waals surface area contributed by atoms with Gasteiger partial charge in [0.05, 0.1) is 17.9 Å². The SMILES string of the molecule is CCOC(=O)C(C)(CC)CC(C)C(=O)OCc1ccc(O)cc1. The van der Waals surface area contributed by atoms with Crippen molar-refractivity contribution in [3.8, 4) is 5.75 Å². The molecule has 128 valence electrons. The molecule has 5 nitrogen and oxygen atoms in total. The Morgan fingerprint density at radius 3 is 2.30 bits per heavy atom. The molecule has 0 aliphatic rings. The van der Waals surface area contributed by atoms with E-state index in [1.54, 1.807) is 38.1 Å². The van der Waals surface area contributed by atoms with E-state index in [1.165, 1.54) is 0 Å². The highest BCUT2D eigenvalue weighted by atomic mass is 16.5. The standard InChI is InChI=1S/C18H26O5/c1-5-18(4,17(21)22-6-2)11-13(3)16(20)23-12-14-7-9-15(19)10-8-14/h7-10,13,19H,5-6,11-12H2,1-4H3. The summed E-state index contributed by atoms with van der Waals surface area (Å²) in [5.41, 5.74) is 0.111. The Bertz CT molecular complexity index is 523. The van der Waals surface area contributed by atoms with Crippen LogP contribution in [0, 0.1) is 11.3 Å². The zero-order valence-electron chi connectivity index (χ0n) is 14.3. The maximum Gasteiger partial charge on any atom is 0.311 e. The smallest absolute Gasteiger partial charge is 0.311 e. The van der Waals surface area contributed by atoms with Crippen LogP contribution >= 0.6 is 0 Å². The minimum Gasteiger partial charge on any atom is -0.508 e. The molecule has 0 saturated carbocycles. The summed E-state index contributed by atoms with van der Waals surface area (Å²) < 4.78 is 10.4. The molecular weight excluding hydrogens is 296 g/mol. The van der Waals surface area contributed by atoms with Gasteiger partial charge in [0.2, 0.25) is 0 Å². The quantitative estimate of drug-likeness (QED) is 0.742. The molecule has 0 saturated heterocycles. The van der Waals surface area contributed by atoms with Crippen LogP contribution in [0.1, 0.15) is 46.1 Å². The van der Waals surface area contributed by atoms with Crippen LogP contribution in [0.25, 0.3) is 0 Å². The van der Waals surface area contributed by atoms with Crippen molar-refractivity contribution in [3.05, 3.63) is 29.8 Å². The van der Waals surface area contributed by atoms with E-state index in [0.717, 1.165) is 5.56 Å². The Labute approximate surface area is 137 Å². The van der Waals surface area contributed by atoms with E-state index in [0.29, 0.717) is 19.4 Å². The van der Waals surface area contributed by atoms with E-state index in [2.05, 4.69) is 0 Å². The first-order valence-corrected chi connectivity index (χ1v) is 7.94. The van der Waals surface area contributed by atoms with Crippen molar-refractivity contribution in [3.63, 3.8) is 0 Å². The number of phenols is 1. The molecule has 0 radical (unpaired) electrons. The molecule has 0 aromatic heterocycles. The van der Waals surface area contributed by atoms with E-state index in [1.807, 2.05) is 13.8 Å². The first-order valence-electron chi connectivity index (χ1n) is 7.94. The Morgan fingerprint density at radius 2 is 1.78 bits per heavy atom. The number of hydrogen-bond acceptors (Lipinski definition) is 5. The lowest BCUT2D eigenvalue weighted by Crippen LogP contribution is -2.33. The van der Waals surface area contributed by atoms with Crippen molar-refractivity contribution in [2.24, 2.45) is 11.3 Å². The minimum absolute atomic E-state index is 0.145. The predicted molar refractivity (Wildman–Crippen MR) is 86.7 cm³/mol. The summed E-state index contributed by atoms with van der Waals surface area (Å²) in [7, 11) is 0. The van der Waals surface area contributed by atoms with Gasteiger partial charge in [-0.3, -0.25) is 9.59 Å². The second-order valence-electron chi connectivity index (χ2n) is 6.01. The first-order chi connectivity index (χ1) is 10.8. The average Bonchev–Trinajstić information content (AvgIpc) is 2.54. The zero-order valence-corrected chi connectivity index (χ0v) is 14.3. The van der Waals surface area contributed by atoms with Crippen LogP contribution in [0.15, 0.2) is 24.3 Å². The largest absolute Gasteiger partial charge is 0.508 e. The fraction of sp³-hybridized carbons (Fsp3) is 0.556. The fourth-order valence-corrected chi connectivity index (χ4v) is 2.33. The third-order valence-corrected chi connectivity index (χ3v) is 4.03. The van der Waals surface area contributed by atoms with Crippen LogP contribution in [0.5, 0.6) is 5.75 Å². The third kappa shape index (κ3) is 5.58. The number of ether oxygens (including phenoxy) is 2. The molecule has 1 rings (SSSR count). The number of carbonyl (C=O) groups excluding carboxylic acids is 2. The molecule has 0 spiro atoms. The van der Waals surface area contributed by atoms with E-state index >= 15 is 0 Å². The molecule has 2 unspecified atom stereocenters. The predicted octanol–water partition coefficient (Wildman–Crippen LogP) is 3.44. The van der Waals surface area contributed by atoms with Crippen LogP contribution in [-0.2, 0) is 25.7 Å². The number of phenolic OH excluding ortho intramolecular Hbond substituents is 1. The summed E-state index contributed by atoms with van der Waals surface area (Å²) >= 11 is 0. The Hall–Kier alpha value is -2.04. The monoisotopic (exact) mass is 322 g/mol. The summed E-state index contributed by atoms with van der Waals surface area (Å²) in [6, 6.07) is 6.48. The van der Waals surface area contributed by atoms with Crippen molar-refractivity contribution in [2.45, 2.75) is 47.1 Å². The molecule has 0 heterocycles. The minimum atomic E-state index is -0.688. The number of hydrogen-bond donors (Lipinski definition) is 1. The van der Waals surface area contributed by atoms with Crippen molar-refractivity contribution in [2.75, 3.05) is 6.61 Å². The molecule has 2 atom stereocenters. The second-order valence-corrected chi connectivity index (χ2v) is 6.01. The van der Waals surface area contributed by atoms with Crippen LogP contribution in [0.2, 0.25) is 0 Å². The summed E-state index contributed by atoms with van der Waals surface area (Å²) in [5, 5.41) is 9.22. The molecule has 1 aromatic rings. The van der Waals surface area contributed by atoms with Gasteiger partial charge in [0.25, 0.3) is 0 Å². The van der Waals surface area contributed by atoms with E-state index < -0.39 is 11.3 Å². The summed E-state index contributed by atoms with van der Waals surface area (Å²) in [5.74, 6) is -0.856. The van der Waals surface area contributed by atoms with Crippen molar-refractivity contribution < 1.29 is 24.2 Å². The van der Waals surface area contributed by atoms with Gasteiger partial charge in [-0.1, -0.05) is 26.0 Å². The lowest BCUT2D eigenvalue weighted by atomic mass is 9.79. The average molecular weight is 322 g/mol. The van der Waals surface area contributed by atoms with E-state index in [-0.39, 0.29) is 24.3 Å². The Kier molecular flexibility index (Phi) is 7.07. The van der Waals surface area contributed by atoms with E-state index in [9.17, 15) is 14.7 Å². The molecule has 0 aliphatic heterocycles. The number of benzene rings is 1. The van der Waals surface area contributed by atoms with Gasteiger partial charge in [-0.2, -0.15) is 0 Å². The lowest BCUT2D eigenvalue weighted by molar-refractivity contribution is -0.158. The van der Waals surface area contributed by atoms with Crippen molar-refractivity contribution >= 4 is 11.9 Å². The van der Waals surface area contributed by atoms with Crippen molar-refractivity contribution in [1.82, 2.24) is 0 Å². The molecule has 5 heteroatoms. The number of carbonyl (C=O) groups is 2.